The first-order chi connectivity index (χ1) is 11.0. The van der Waals surface area contributed by atoms with Gasteiger partial charge in [-0.1, -0.05) is 42.5 Å². The van der Waals surface area contributed by atoms with Gasteiger partial charge in [0.1, 0.15) is 15.8 Å². The Bertz CT molecular complexity index is 1000. The third kappa shape index (κ3) is 3.05. The van der Waals surface area contributed by atoms with Crippen LogP contribution >= 0.6 is 0 Å². The summed E-state index contributed by atoms with van der Waals surface area (Å²) in [6.45, 7) is 0. The summed E-state index contributed by atoms with van der Waals surface area (Å²) in [6.07, 6.45) is 0. The summed E-state index contributed by atoms with van der Waals surface area (Å²) in [5.74, 6) is 0. The molecule has 7 heteroatoms. The molecule has 0 aliphatic carbocycles. The molecule has 0 aromatic heterocycles. The Morgan fingerprint density at radius 3 is 2.13 bits per heavy atom. The molecule has 0 aliphatic heterocycles. The van der Waals surface area contributed by atoms with E-state index in [1.807, 2.05) is 6.07 Å². The highest BCUT2D eigenvalue weighted by Gasteiger charge is 2.13. The maximum atomic E-state index is 11.5. The Kier molecular flexibility index (Phi) is 3.81. The molecule has 3 aromatic rings. The zero-order chi connectivity index (χ0) is 16.4. The fraction of sp³-hybridized carbons (Fsp3) is 0. The van der Waals surface area contributed by atoms with Crippen molar-refractivity contribution in [1.29, 1.82) is 0 Å². The molecule has 2 N–H and O–H groups in total. The van der Waals surface area contributed by atoms with Gasteiger partial charge in [-0.25, -0.2) is 8.42 Å². The van der Waals surface area contributed by atoms with Gasteiger partial charge in [0.2, 0.25) is 0 Å². The largest absolute Gasteiger partial charge is 0.744 e. The number of nitrogen functional groups attached to an aromatic ring is 1. The van der Waals surface area contributed by atoms with Crippen LogP contribution in [0.3, 0.4) is 0 Å². The first-order valence-electron chi connectivity index (χ1n) is 6.71. The van der Waals surface area contributed by atoms with Gasteiger partial charge in [0, 0.05) is 10.8 Å². The number of fused-ring (bicyclic) bond motifs is 1. The van der Waals surface area contributed by atoms with E-state index in [4.69, 9.17) is 5.73 Å². The minimum Gasteiger partial charge on any atom is -0.744 e. The highest BCUT2D eigenvalue weighted by Crippen LogP contribution is 2.36. The quantitative estimate of drug-likeness (QED) is 0.449. The van der Waals surface area contributed by atoms with Crippen molar-refractivity contribution in [1.82, 2.24) is 0 Å². The molecule has 0 fully saturated rings. The summed E-state index contributed by atoms with van der Waals surface area (Å²) < 4.78 is 34.5. The van der Waals surface area contributed by atoms with E-state index in [1.54, 1.807) is 42.5 Å². The molecule has 0 amide bonds. The van der Waals surface area contributed by atoms with Crippen LogP contribution in [0.2, 0.25) is 0 Å². The number of hydrogen-bond donors (Lipinski definition) is 1. The van der Waals surface area contributed by atoms with Crippen molar-refractivity contribution in [3.8, 4) is 0 Å². The summed E-state index contributed by atoms with van der Waals surface area (Å²) in [5, 5.41) is 8.74. The lowest BCUT2D eigenvalue weighted by Gasteiger charge is -2.13. The van der Waals surface area contributed by atoms with Crippen molar-refractivity contribution in [2.75, 3.05) is 5.73 Å². The monoisotopic (exact) mass is 326 g/mol. The lowest BCUT2D eigenvalue weighted by Crippen LogP contribution is -2.01. The van der Waals surface area contributed by atoms with Crippen molar-refractivity contribution in [3.63, 3.8) is 0 Å². The molecule has 6 nitrogen and oxygen atoms in total. The molecule has 3 aromatic carbocycles. The van der Waals surface area contributed by atoms with Gasteiger partial charge in [-0.2, -0.15) is 5.11 Å². The number of benzene rings is 3. The van der Waals surface area contributed by atoms with Gasteiger partial charge >= 0.3 is 0 Å². The molecule has 23 heavy (non-hydrogen) atoms. The number of anilines is 1. The zero-order valence-corrected chi connectivity index (χ0v) is 12.7. The van der Waals surface area contributed by atoms with E-state index in [1.165, 1.54) is 6.07 Å². The van der Waals surface area contributed by atoms with Gasteiger partial charge in [-0.15, -0.1) is 5.11 Å². The number of nitrogens with zero attached hydrogens (tertiary/aromatic N) is 2. The van der Waals surface area contributed by atoms with Gasteiger partial charge < -0.3 is 10.3 Å². The third-order valence-electron chi connectivity index (χ3n) is 3.33. The number of hydrogen-bond acceptors (Lipinski definition) is 6. The van der Waals surface area contributed by atoms with Crippen LogP contribution in [0.15, 0.2) is 75.8 Å². The SMILES string of the molecule is Nc1c(N=Nc2ccccc2)cc(S(=O)(=O)[O-])c2ccccc12. The molecular formula is C16H12N3O3S-. The van der Waals surface area contributed by atoms with Gasteiger partial charge in [-0.05, 0) is 18.2 Å². The summed E-state index contributed by atoms with van der Waals surface area (Å²) >= 11 is 0. The third-order valence-corrected chi connectivity index (χ3v) is 4.20. The van der Waals surface area contributed by atoms with Crippen LogP contribution < -0.4 is 5.73 Å². The highest BCUT2D eigenvalue weighted by atomic mass is 32.2. The Balaban J connectivity index is 2.22. The summed E-state index contributed by atoms with van der Waals surface area (Å²) in [4.78, 5) is -0.357. The Labute approximate surface area is 133 Å². The number of nitrogens with two attached hydrogens (primary N) is 1. The molecule has 0 spiro atoms. The van der Waals surface area contributed by atoms with Crippen LogP contribution in [0.4, 0.5) is 17.1 Å². The molecule has 0 saturated carbocycles. The summed E-state index contributed by atoms with van der Waals surface area (Å²) in [6, 6.07) is 16.6. The summed E-state index contributed by atoms with van der Waals surface area (Å²) in [7, 11) is -4.66. The van der Waals surface area contributed by atoms with Crippen molar-refractivity contribution in [2.24, 2.45) is 10.2 Å². The van der Waals surface area contributed by atoms with Crippen LogP contribution in [0.5, 0.6) is 0 Å². The van der Waals surface area contributed by atoms with Gasteiger partial charge in [0.05, 0.1) is 16.3 Å². The predicted octanol–water partition coefficient (Wildman–Crippen LogP) is 3.74. The Morgan fingerprint density at radius 1 is 0.870 bits per heavy atom. The molecule has 0 atom stereocenters. The molecule has 0 bridgehead atoms. The normalized spacial score (nSPS) is 12.0. The summed E-state index contributed by atoms with van der Waals surface area (Å²) in [5.41, 5.74) is 7.05. The van der Waals surface area contributed by atoms with E-state index in [0.29, 0.717) is 11.1 Å². The average molecular weight is 326 g/mol. The molecule has 3 rings (SSSR count). The molecule has 0 heterocycles. The lowest BCUT2D eigenvalue weighted by atomic mass is 10.1. The Morgan fingerprint density at radius 2 is 1.48 bits per heavy atom. The minimum absolute atomic E-state index is 0.141. The zero-order valence-electron chi connectivity index (χ0n) is 11.9. The molecule has 0 unspecified atom stereocenters. The van der Waals surface area contributed by atoms with Crippen LogP contribution in [0.25, 0.3) is 10.8 Å². The van der Waals surface area contributed by atoms with Crippen LogP contribution in [0, 0.1) is 0 Å². The fourth-order valence-electron chi connectivity index (χ4n) is 2.25. The van der Waals surface area contributed by atoms with Crippen molar-refractivity contribution >= 4 is 38.0 Å². The van der Waals surface area contributed by atoms with Crippen LogP contribution in [-0.2, 0) is 10.1 Å². The maximum Gasteiger partial charge on any atom is 0.125 e. The van der Waals surface area contributed by atoms with E-state index >= 15 is 0 Å². The highest BCUT2D eigenvalue weighted by molar-refractivity contribution is 7.86. The van der Waals surface area contributed by atoms with Crippen molar-refractivity contribution in [2.45, 2.75) is 4.90 Å². The van der Waals surface area contributed by atoms with E-state index in [2.05, 4.69) is 10.2 Å². The predicted molar refractivity (Wildman–Crippen MR) is 86.9 cm³/mol. The van der Waals surface area contributed by atoms with Gasteiger partial charge in [0.25, 0.3) is 0 Å². The minimum atomic E-state index is -4.66. The second-order valence-electron chi connectivity index (χ2n) is 4.84. The second-order valence-corrected chi connectivity index (χ2v) is 6.19. The molecule has 0 radical (unpaired) electrons. The van der Waals surface area contributed by atoms with Crippen LogP contribution in [-0.4, -0.2) is 13.0 Å². The van der Waals surface area contributed by atoms with E-state index in [0.717, 1.165) is 6.07 Å². The number of azo groups is 1. The lowest BCUT2D eigenvalue weighted by molar-refractivity contribution is 0.464. The topological polar surface area (TPSA) is 108 Å². The first kappa shape index (κ1) is 15.1. The Hall–Kier alpha value is -2.77. The van der Waals surface area contributed by atoms with Gasteiger partial charge in [0.15, 0.2) is 0 Å². The standard InChI is InChI=1S/C16H13N3O3S/c17-16-13-9-5-4-8-12(13)15(23(20,21)22)10-14(16)19-18-11-6-2-1-3-7-11/h1-10H,17H2,(H,20,21,22)/p-1. The smallest absolute Gasteiger partial charge is 0.125 e. The van der Waals surface area contributed by atoms with Crippen LogP contribution in [0.1, 0.15) is 0 Å². The maximum absolute atomic E-state index is 11.5. The van der Waals surface area contributed by atoms with E-state index in [9.17, 15) is 13.0 Å². The van der Waals surface area contributed by atoms with Crippen molar-refractivity contribution < 1.29 is 13.0 Å². The first-order valence-corrected chi connectivity index (χ1v) is 8.11. The van der Waals surface area contributed by atoms with Gasteiger partial charge in [-0.3, -0.25) is 0 Å². The van der Waals surface area contributed by atoms with Crippen molar-refractivity contribution in [3.05, 3.63) is 60.7 Å². The van der Waals surface area contributed by atoms with E-state index in [-0.39, 0.29) is 21.7 Å². The van der Waals surface area contributed by atoms with E-state index < -0.39 is 10.1 Å². The average Bonchev–Trinajstić information content (AvgIpc) is 2.54. The second kappa shape index (κ2) is 5.79. The molecule has 0 saturated heterocycles. The molecular weight excluding hydrogens is 314 g/mol. The number of rotatable bonds is 3. The molecule has 0 aliphatic rings. The molecule has 116 valence electrons. The fourth-order valence-corrected chi connectivity index (χ4v) is 2.95.